The molecule has 1 aromatic carbocycles. The smallest absolute Gasteiger partial charge is 0.262 e. The molecule has 53 valence electrons. The van der Waals surface area contributed by atoms with Gasteiger partial charge in [0.2, 0.25) is 0 Å². The molecule has 0 N–H and O–H groups in total. The predicted octanol–water partition coefficient (Wildman–Crippen LogP) is 1.04. The maximum absolute atomic E-state index is 10.1. The summed E-state index contributed by atoms with van der Waals surface area (Å²) < 4.78 is 0. The topological polar surface area (TPSA) is 44.1 Å². The fourth-order valence-electron chi connectivity index (χ4n) is 0.708. The van der Waals surface area contributed by atoms with Gasteiger partial charge in [0.1, 0.15) is 0 Å². The minimum Gasteiger partial charge on any atom is -0.262 e. The van der Waals surface area contributed by atoms with Crippen molar-refractivity contribution < 1.29 is 4.79 Å². The summed E-state index contributed by atoms with van der Waals surface area (Å²) in [5, 5.41) is 8.39. The SMILES string of the molecule is N#CN([C]=O)c1ccccc1. The lowest BCUT2D eigenvalue weighted by Crippen LogP contribution is -2.12. The largest absolute Gasteiger partial charge is 0.331 e. The molecule has 3 heteroatoms. The summed E-state index contributed by atoms with van der Waals surface area (Å²) in [7, 11) is 0. The van der Waals surface area contributed by atoms with E-state index in [4.69, 9.17) is 5.26 Å². The summed E-state index contributed by atoms with van der Waals surface area (Å²) in [6.07, 6.45) is 3.17. The molecule has 1 aromatic rings. The Morgan fingerprint density at radius 2 is 1.91 bits per heavy atom. The molecule has 0 heterocycles. The third-order valence-electron chi connectivity index (χ3n) is 1.21. The maximum atomic E-state index is 10.1. The van der Waals surface area contributed by atoms with Crippen molar-refractivity contribution in [3.63, 3.8) is 0 Å². The average molecular weight is 145 g/mol. The van der Waals surface area contributed by atoms with Crippen LogP contribution in [0.4, 0.5) is 5.69 Å². The van der Waals surface area contributed by atoms with Crippen molar-refractivity contribution in [2.24, 2.45) is 0 Å². The molecular weight excluding hydrogens is 140 g/mol. The van der Waals surface area contributed by atoms with Crippen molar-refractivity contribution in [2.75, 3.05) is 4.90 Å². The summed E-state index contributed by atoms with van der Waals surface area (Å²) in [4.78, 5) is 10.9. The van der Waals surface area contributed by atoms with Crippen LogP contribution >= 0.6 is 0 Å². The molecule has 0 aliphatic heterocycles. The van der Waals surface area contributed by atoms with Crippen LogP contribution in [0.25, 0.3) is 0 Å². The number of nitriles is 1. The first-order chi connectivity index (χ1) is 5.38. The van der Waals surface area contributed by atoms with Crippen LogP contribution < -0.4 is 4.90 Å². The van der Waals surface area contributed by atoms with E-state index in [0.29, 0.717) is 5.69 Å². The molecule has 0 spiro atoms. The van der Waals surface area contributed by atoms with E-state index in [1.54, 1.807) is 30.5 Å². The highest BCUT2D eigenvalue weighted by Crippen LogP contribution is 2.09. The van der Waals surface area contributed by atoms with E-state index >= 15 is 0 Å². The van der Waals surface area contributed by atoms with Gasteiger partial charge in [-0.2, -0.15) is 5.26 Å². The summed E-state index contributed by atoms with van der Waals surface area (Å²) in [5.41, 5.74) is 0.532. The molecule has 11 heavy (non-hydrogen) atoms. The molecule has 0 unspecified atom stereocenters. The van der Waals surface area contributed by atoms with Crippen molar-refractivity contribution in [2.45, 2.75) is 0 Å². The van der Waals surface area contributed by atoms with E-state index in [1.807, 2.05) is 6.07 Å². The number of para-hydroxylation sites is 1. The quantitative estimate of drug-likeness (QED) is 0.461. The lowest BCUT2D eigenvalue weighted by Gasteiger charge is -2.03. The van der Waals surface area contributed by atoms with Gasteiger partial charge in [0.05, 0.1) is 5.69 Å². The maximum Gasteiger partial charge on any atom is 0.331 e. The zero-order chi connectivity index (χ0) is 8.10. The minimum atomic E-state index is 0.532. The van der Waals surface area contributed by atoms with Gasteiger partial charge in [0.15, 0.2) is 6.19 Å². The monoisotopic (exact) mass is 145 g/mol. The number of nitrogens with zero attached hydrogens (tertiary/aromatic N) is 2. The van der Waals surface area contributed by atoms with Gasteiger partial charge in [-0.15, -0.1) is 0 Å². The van der Waals surface area contributed by atoms with Gasteiger partial charge in [-0.3, -0.25) is 4.79 Å². The van der Waals surface area contributed by atoms with Crippen LogP contribution in [0.15, 0.2) is 30.3 Å². The Labute approximate surface area is 64.5 Å². The lowest BCUT2D eigenvalue weighted by atomic mass is 10.3. The Morgan fingerprint density at radius 1 is 1.27 bits per heavy atom. The molecule has 0 atom stereocenters. The molecule has 3 nitrogen and oxygen atoms in total. The van der Waals surface area contributed by atoms with Gasteiger partial charge in [-0.1, -0.05) is 18.2 Å². The highest BCUT2D eigenvalue weighted by molar-refractivity contribution is 5.78. The van der Waals surface area contributed by atoms with E-state index in [9.17, 15) is 4.79 Å². The van der Waals surface area contributed by atoms with Gasteiger partial charge in [-0.05, 0) is 12.1 Å². The first-order valence-electron chi connectivity index (χ1n) is 3.01. The average Bonchev–Trinajstić information content (AvgIpc) is 2.09. The molecule has 0 saturated heterocycles. The first kappa shape index (κ1) is 7.29. The number of hydrogen-bond acceptors (Lipinski definition) is 2. The molecule has 0 aliphatic rings. The number of amides is 1. The van der Waals surface area contributed by atoms with Crippen LogP contribution in [-0.4, -0.2) is 6.41 Å². The van der Waals surface area contributed by atoms with E-state index in [-0.39, 0.29) is 0 Å². The molecule has 0 aromatic heterocycles. The number of anilines is 1. The Kier molecular flexibility index (Phi) is 2.24. The molecule has 1 rings (SSSR count). The van der Waals surface area contributed by atoms with Crippen molar-refractivity contribution in [3.05, 3.63) is 30.3 Å². The lowest BCUT2D eigenvalue weighted by molar-refractivity contribution is 0.556. The predicted molar refractivity (Wildman–Crippen MR) is 40.2 cm³/mol. The highest BCUT2D eigenvalue weighted by Gasteiger charge is 2.01. The van der Waals surface area contributed by atoms with Crippen LogP contribution in [-0.2, 0) is 4.79 Å². The number of carbonyl (C=O) groups excluding carboxylic acids is 1. The fourth-order valence-corrected chi connectivity index (χ4v) is 0.708. The van der Waals surface area contributed by atoms with Crippen LogP contribution in [0.1, 0.15) is 0 Å². The second kappa shape index (κ2) is 3.37. The van der Waals surface area contributed by atoms with Crippen LogP contribution in [0.2, 0.25) is 0 Å². The van der Waals surface area contributed by atoms with Crippen molar-refractivity contribution in [1.29, 1.82) is 5.26 Å². The summed E-state index contributed by atoms with van der Waals surface area (Å²) in [6, 6.07) is 8.63. The molecule has 0 bridgehead atoms. The zero-order valence-electron chi connectivity index (χ0n) is 5.69. The third kappa shape index (κ3) is 1.55. The molecule has 0 aliphatic carbocycles. The Hall–Kier alpha value is -1.82. The second-order valence-corrected chi connectivity index (χ2v) is 1.86. The number of benzene rings is 1. The van der Waals surface area contributed by atoms with Crippen molar-refractivity contribution in [1.82, 2.24) is 0 Å². The summed E-state index contributed by atoms with van der Waals surface area (Å²) in [5.74, 6) is 0. The number of hydrogen-bond donors (Lipinski definition) is 0. The molecular formula is C8H5N2O. The van der Waals surface area contributed by atoms with E-state index in [0.717, 1.165) is 4.90 Å². The summed E-state index contributed by atoms with van der Waals surface area (Å²) in [6.45, 7) is 0. The molecule has 0 fully saturated rings. The van der Waals surface area contributed by atoms with Crippen LogP contribution in [0.5, 0.6) is 0 Å². The minimum absolute atomic E-state index is 0.532. The number of rotatable bonds is 2. The molecule has 1 radical (unpaired) electrons. The molecule has 0 saturated carbocycles. The van der Waals surface area contributed by atoms with Gasteiger partial charge >= 0.3 is 6.41 Å². The molecule has 1 amide bonds. The fraction of sp³-hybridized carbons (Fsp3) is 0. The Morgan fingerprint density at radius 3 is 2.36 bits per heavy atom. The van der Waals surface area contributed by atoms with Gasteiger partial charge in [0.25, 0.3) is 0 Å². The van der Waals surface area contributed by atoms with Gasteiger partial charge < -0.3 is 0 Å². The first-order valence-corrected chi connectivity index (χ1v) is 3.01. The van der Waals surface area contributed by atoms with Crippen molar-refractivity contribution >= 4 is 12.1 Å². The van der Waals surface area contributed by atoms with E-state index in [1.165, 1.54) is 6.41 Å². The van der Waals surface area contributed by atoms with E-state index < -0.39 is 0 Å². The second-order valence-electron chi connectivity index (χ2n) is 1.86. The van der Waals surface area contributed by atoms with E-state index in [2.05, 4.69) is 0 Å². The van der Waals surface area contributed by atoms with Gasteiger partial charge in [0, 0.05) is 0 Å². The zero-order valence-corrected chi connectivity index (χ0v) is 5.69. The van der Waals surface area contributed by atoms with Crippen molar-refractivity contribution in [3.8, 4) is 6.19 Å². The highest BCUT2D eigenvalue weighted by atomic mass is 16.1. The van der Waals surface area contributed by atoms with Crippen LogP contribution in [0, 0.1) is 11.5 Å². The normalized spacial score (nSPS) is 8.27. The Balaban J connectivity index is 2.93. The standard InChI is InChI=1S/C8H5N2O/c9-6-10(7-11)8-4-2-1-3-5-8/h1-5H. The van der Waals surface area contributed by atoms with Crippen LogP contribution in [0.3, 0.4) is 0 Å². The van der Waals surface area contributed by atoms with Gasteiger partial charge in [-0.25, -0.2) is 4.90 Å². The summed E-state index contributed by atoms with van der Waals surface area (Å²) >= 11 is 0. The Bertz CT molecular complexity index is 276. The third-order valence-corrected chi connectivity index (χ3v) is 1.21.